The SMILES string of the molecule is O=C1[C@@H]2[C@@H](C(=O)N1c1cccc(C(F)(F)F)c1)[C@@]1(c3ccc(Cl)cc3)C(=O)[C@@]2(c2ccc(Cl)cc2)C(c2ccccc2)=C1c1ccccc1. The first kappa shape index (κ1) is 31.3. The topological polar surface area (TPSA) is 54.5 Å². The summed E-state index contributed by atoms with van der Waals surface area (Å²) in [6, 6.07) is 35.9. The number of amides is 2. The predicted octanol–water partition coefficient (Wildman–Crippen LogP) is 9.20. The average molecular weight is 695 g/mol. The van der Waals surface area contributed by atoms with E-state index >= 15 is 4.79 Å². The van der Waals surface area contributed by atoms with Gasteiger partial charge in [-0.1, -0.05) is 114 Å². The largest absolute Gasteiger partial charge is 0.416 e. The maximum atomic E-state index is 15.9. The van der Waals surface area contributed by atoms with E-state index in [0.29, 0.717) is 43.4 Å². The van der Waals surface area contributed by atoms with Crippen LogP contribution in [0.15, 0.2) is 133 Å². The van der Waals surface area contributed by atoms with Crippen LogP contribution in [0, 0.1) is 11.8 Å². The number of ketones is 1. The lowest BCUT2D eigenvalue weighted by Gasteiger charge is -2.39. The summed E-state index contributed by atoms with van der Waals surface area (Å²) in [6.45, 7) is 0. The summed E-state index contributed by atoms with van der Waals surface area (Å²) in [5.41, 5.74) is -1.36. The zero-order valence-corrected chi connectivity index (χ0v) is 26.9. The highest BCUT2D eigenvalue weighted by molar-refractivity contribution is 6.39. The normalized spacial score (nSPS) is 24.6. The second-order valence-electron chi connectivity index (χ2n) is 12.5. The van der Waals surface area contributed by atoms with Crippen molar-refractivity contribution in [2.24, 2.45) is 11.8 Å². The summed E-state index contributed by atoms with van der Waals surface area (Å²) < 4.78 is 41.7. The van der Waals surface area contributed by atoms with E-state index in [2.05, 4.69) is 0 Å². The van der Waals surface area contributed by atoms with E-state index < -0.39 is 46.2 Å². The van der Waals surface area contributed by atoms with Crippen molar-refractivity contribution in [3.05, 3.63) is 171 Å². The number of alkyl halides is 3. The number of allylic oxidation sites excluding steroid dienone is 2. The van der Waals surface area contributed by atoms with Crippen molar-refractivity contribution >= 4 is 57.6 Å². The van der Waals surface area contributed by atoms with E-state index in [-0.39, 0.29) is 11.5 Å². The Bertz CT molecular complexity index is 2080. The number of halogens is 5. The molecule has 8 rings (SSSR count). The zero-order valence-electron chi connectivity index (χ0n) is 25.4. The summed E-state index contributed by atoms with van der Waals surface area (Å²) in [7, 11) is 0. The maximum Gasteiger partial charge on any atom is 0.416 e. The van der Waals surface area contributed by atoms with Gasteiger partial charge >= 0.3 is 6.18 Å². The van der Waals surface area contributed by atoms with Gasteiger partial charge in [0.1, 0.15) is 0 Å². The summed E-state index contributed by atoms with van der Waals surface area (Å²) in [5.74, 6) is -4.49. The van der Waals surface area contributed by atoms with Gasteiger partial charge in [0.2, 0.25) is 11.8 Å². The number of nitrogens with zero attached hydrogens (tertiary/aromatic N) is 1. The molecule has 3 aliphatic rings. The number of benzene rings is 5. The van der Waals surface area contributed by atoms with Crippen molar-refractivity contribution in [2.75, 3.05) is 4.90 Å². The Labute approximate surface area is 289 Å². The Hall–Kier alpha value is -4.98. The van der Waals surface area contributed by atoms with Crippen LogP contribution in [0.4, 0.5) is 18.9 Å². The Morgan fingerprint density at radius 1 is 0.551 bits per heavy atom. The molecule has 9 heteroatoms. The molecule has 0 unspecified atom stereocenters. The maximum absolute atomic E-state index is 15.9. The fraction of sp³-hybridized carbons (Fsp3) is 0.125. The molecule has 0 radical (unpaired) electrons. The highest BCUT2D eigenvalue weighted by atomic mass is 35.5. The monoisotopic (exact) mass is 693 g/mol. The lowest BCUT2D eigenvalue weighted by molar-refractivity contribution is -0.137. The van der Waals surface area contributed by atoms with Crippen molar-refractivity contribution in [1.29, 1.82) is 0 Å². The van der Waals surface area contributed by atoms with Gasteiger partial charge in [0.15, 0.2) is 5.78 Å². The van der Waals surface area contributed by atoms with Crippen molar-refractivity contribution in [3.63, 3.8) is 0 Å². The minimum Gasteiger partial charge on any atom is -0.297 e. The van der Waals surface area contributed by atoms with Crippen molar-refractivity contribution in [1.82, 2.24) is 0 Å². The van der Waals surface area contributed by atoms with Gasteiger partial charge in [-0.25, -0.2) is 4.90 Å². The fourth-order valence-electron chi connectivity index (χ4n) is 8.43. The second-order valence-corrected chi connectivity index (χ2v) is 13.3. The van der Waals surface area contributed by atoms with Crippen LogP contribution in [0.1, 0.15) is 27.8 Å². The molecule has 2 amide bonds. The lowest BCUT2D eigenvalue weighted by Crippen LogP contribution is -2.45. The summed E-state index contributed by atoms with van der Waals surface area (Å²) in [4.78, 5) is 46.7. The smallest absolute Gasteiger partial charge is 0.297 e. The number of rotatable bonds is 5. The number of carbonyl (C=O) groups excluding carboxylic acids is 3. The molecule has 0 spiro atoms. The number of anilines is 1. The molecule has 5 aromatic carbocycles. The highest BCUT2D eigenvalue weighted by Gasteiger charge is 2.82. The Morgan fingerprint density at radius 2 is 0.980 bits per heavy atom. The molecular weight excluding hydrogens is 670 g/mol. The summed E-state index contributed by atoms with van der Waals surface area (Å²) >= 11 is 12.7. The lowest BCUT2D eigenvalue weighted by atomic mass is 9.59. The number of hydrogen-bond acceptors (Lipinski definition) is 3. The molecule has 0 aromatic heterocycles. The summed E-state index contributed by atoms with van der Waals surface area (Å²) in [5, 5.41) is 0.800. The molecule has 2 aliphatic carbocycles. The van der Waals surface area contributed by atoms with E-state index in [1.165, 1.54) is 12.1 Å². The van der Waals surface area contributed by atoms with Crippen LogP contribution in [-0.4, -0.2) is 17.6 Å². The molecule has 4 atom stereocenters. The van der Waals surface area contributed by atoms with Gasteiger partial charge in [0.05, 0.1) is 33.9 Å². The molecule has 242 valence electrons. The zero-order chi connectivity index (χ0) is 34.3. The molecule has 49 heavy (non-hydrogen) atoms. The van der Waals surface area contributed by atoms with Gasteiger partial charge < -0.3 is 0 Å². The number of imide groups is 1. The quantitative estimate of drug-likeness (QED) is 0.173. The van der Waals surface area contributed by atoms with E-state index in [9.17, 15) is 22.8 Å². The molecule has 1 saturated carbocycles. The first-order valence-electron chi connectivity index (χ1n) is 15.5. The van der Waals surface area contributed by atoms with Gasteiger partial charge in [-0.2, -0.15) is 13.2 Å². The number of carbonyl (C=O) groups is 3. The second kappa shape index (κ2) is 11.0. The molecule has 2 bridgehead atoms. The number of fused-ring (bicyclic) bond motifs is 5. The minimum absolute atomic E-state index is 0.217. The van der Waals surface area contributed by atoms with Crippen LogP contribution in [0.3, 0.4) is 0 Å². The van der Waals surface area contributed by atoms with Crippen LogP contribution >= 0.6 is 23.2 Å². The molecule has 5 aromatic rings. The molecule has 0 N–H and O–H groups in total. The fourth-order valence-corrected chi connectivity index (χ4v) is 8.69. The van der Waals surface area contributed by atoms with E-state index in [4.69, 9.17) is 23.2 Å². The van der Waals surface area contributed by atoms with Crippen LogP contribution in [0.2, 0.25) is 10.0 Å². The molecule has 1 aliphatic heterocycles. The number of Topliss-reactive ketones (excluding diaryl/α,β-unsaturated/α-hetero) is 1. The molecule has 2 fully saturated rings. The molecular formula is C40H24Cl2F3NO3. The predicted molar refractivity (Wildman–Crippen MR) is 182 cm³/mol. The third kappa shape index (κ3) is 4.22. The Balaban J connectivity index is 1.53. The van der Waals surface area contributed by atoms with Crippen LogP contribution < -0.4 is 4.90 Å². The van der Waals surface area contributed by atoms with Crippen LogP contribution in [0.5, 0.6) is 0 Å². The Morgan fingerprint density at radius 3 is 1.39 bits per heavy atom. The van der Waals surface area contributed by atoms with Crippen molar-refractivity contribution in [2.45, 2.75) is 17.0 Å². The average Bonchev–Trinajstić information content (AvgIpc) is 3.61. The Kier molecular flexibility index (Phi) is 7.04. The van der Waals surface area contributed by atoms with Crippen molar-refractivity contribution < 1.29 is 27.6 Å². The highest BCUT2D eigenvalue weighted by Crippen LogP contribution is 2.74. The molecule has 1 heterocycles. The van der Waals surface area contributed by atoms with Gasteiger partial charge in [-0.05, 0) is 75.9 Å². The van der Waals surface area contributed by atoms with Crippen molar-refractivity contribution in [3.8, 4) is 0 Å². The minimum atomic E-state index is -4.72. The van der Waals surface area contributed by atoms with E-state index in [0.717, 1.165) is 17.0 Å². The van der Waals surface area contributed by atoms with E-state index in [1.807, 2.05) is 60.7 Å². The van der Waals surface area contributed by atoms with Crippen LogP contribution in [0.25, 0.3) is 11.1 Å². The molecule has 4 nitrogen and oxygen atoms in total. The van der Waals surface area contributed by atoms with Crippen LogP contribution in [-0.2, 0) is 31.4 Å². The first-order valence-corrected chi connectivity index (χ1v) is 16.3. The summed E-state index contributed by atoms with van der Waals surface area (Å²) in [6.07, 6.45) is -4.72. The first-order chi connectivity index (χ1) is 23.5. The van der Waals surface area contributed by atoms with Gasteiger partial charge in [-0.3, -0.25) is 14.4 Å². The van der Waals surface area contributed by atoms with Gasteiger partial charge in [-0.15, -0.1) is 0 Å². The van der Waals surface area contributed by atoms with Gasteiger partial charge in [0.25, 0.3) is 0 Å². The number of hydrogen-bond donors (Lipinski definition) is 0. The van der Waals surface area contributed by atoms with Gasteiger partial charge in [0, 0.05) is 10.0 Å². The third-order valence-corrected chi connectivity index (χ3v) is 10.7. The van der Waals surface area contributed by atoms with E-state index in [1.54, 1.807) is 48.5 Å². The third-order valence-electron chi connectivity index (χ3n) is 10.1. The molecule has 1 saturated heterocycles. The standard InChI is InChI=1S/C40H24Cl2F3NO3/c41-28-18-14-25(15-19-28)38-31(23-8-3-1-4-9-23)32(24-10-5-2-6-11-24)39(37(38)49,26-16-20-29(42)21-17-26)34-33(38)35(47)46(36(34)48)30-13-7-12-27(22-30)40(43,44)45/h1-22,33-34H/t33-,34-,38-,39-/m0/s1.